The summed E-state index contributed by atoms with van der Waals surface area (Å²) in [7, 11) is 1.61. The van der Waals surface area contributed by atoms with E-state index in [9.17, 15) is 8.78 Å². The van der Waals surface area contributed by atoms with Gasteiger partial charge in [-0.2, -0.15) is 0 Å². The Morgan fingerprint density at radius 2 is 1.52 bits per heavy atom. The fraction of sp³-hybridized carbons (Fsp3) is 0.231. The van der Waals surface area contributed by atoms with Crippen LogP contribution in [0.4, 0.5) is 8.78 Å². The first kappa shape index (κ1) is 23.0. The van der Waals surface area contributed by atoms with Crippen LogP contribution in [0.25, 0.3) is 17.1 Å². The standard InChI is InChI=1S/C26H25F2N3OS/c1-26(2,3)18-10-8-17(9-11-18)24-29-30-25(31(24)19-12-14-20(32-4)15-13-19)33-16-21-22(27)6-5-7-23(21)28/h5-15H,16H2,1-4H3. The van der Waals surface area contributed by atoms with Crippen LogP contribution in [0.1, 0.15) is 31.9 Å². The second-order valence-corrected chi connectivity index (χ2v) is 9.60. The number of hydrogen-bond acceptors (Lipinski definition) is 4. The van der Waals surface area contributed by atoms with Gasteiger partial charge in [0.2, 0.25) is 0 Å². The monoisotopic (exact) mass is 465 g/mol. The van der Waals surface area contributed by atoms with Gasteiger partial charge in [0.1, 0.15) is 17.4 Å². The first-order valence-corrected chi connectivity index (χ1v) is 11.5. The normalized spacial score (nSPS) is 11.6. The van der Waals surface area contributed by atoms with Crippen LogP contribution in [0, 0.1) is 11.6 Å². The highest BCUT2D eigenvalue weighted by Crippen LogP contribution is 2.32. The molecule has 0 aliphatic heterocycles. The molecule has 1 heterocycles. The Hall–Kier alpha value is -3.19. The molecule has 1 aromatic heterocycles. The van der Waals surface area contributed by atoms with Gasteiger partial charge in [-0.1, -0.05) is 62.9 Å². The van der Waals surface area contributed by atoms with Crippen molar-refractivity contribution in [3.63, 3.8) is 0 Å². The lowest BCUT2D eigenvalue weighted by Crippen LogP contribution is -2.10. The zero-order chi connectivity index (χ0) is 23.6. The first-order chi connectivity index (χ1) is 15.8. The maximum Gasteiger partial charge on any atom is 0.196 e. The summed E-state index contributed by atoms with van der Waals surface area (Å²) in [5, 5.41) is 9.32. The van der Waals surface area contributed by atoms with E-state index >= 15 is 0 Å². The summed E-state index contributed by atoms with van der Waals surface area (Å²) in [6.07, 6.45) is 0. The average molecular weight is 466 g/mol. The molecule has 4 aromatic rings. The van der Waals surface area contributed by atoms with Crippen LogP contribution in [0.15, 0.2) is 71.9 Å². The van der Waals surface area contributed by atoms with Gasteiger partial charge in [-0.15, -0.1) is 10.2 Å². The number of ether oxygens (including phenoxy) is 1. The van der Waals surface area contributed by atoms with Crippen LogP contribution in [0.3, 0.4) is 0 Å². The molecule has 0 N–H and O–H groups in total. The summed E-state index contributed by atoms with van der Waals surface area (Å²) in [4.78, 5) is 0. The van der Waals surface area contributed by atoms with Crippen molar-refractivity contribution in [2.45, 2.75) is 37.1 Å². The number of halogens is 2. The Morgan fingerprint density at radius 3 is 2.09 bits per heavy atom. The molecule has 0 saturated heterocycles. The summed E-state index contributed by atoms with van der Waals surface area (Å²) in [6, 6.07) is 19.6. The Morgan fingerprint density at radius 1 is 0.879 bits per heavy atom. The molecule has 0 fully saturated rings. The van der Waals surface area contributed by atoms with E-state index in [1.54, 1.807) is 7.11 Å². The zero-order valence-corrected chi connectivity index (χ0v) is 19.8. The van der Waals surface area contributed by atoms with Gasteiger partial charge in [0.05, 0.1) is 7.11 Å². The van der Waals surface area contributed by atoms with Crippen molar-refractivity contribution in [2.75, 3.05) is 7.11 Å². The number of rotatable bonds is 6. The maximum absolute atomic E-state index is 14.2. The highest BCUT2D eigenvalue weighted by Gasteiger charge is 2.19. The van der Waals surface area contributed by atoms with Crippen molar-refractivity contribution >= 4 is 11.8 Å². The lowest BCUT2D eigenvalue weighted by atomic mass is 9.87. The second kappa shape index (κ2) is 9.35. The summed E-state index contributed by atoms with van der Waals surface area (Å²) in [5.41, 5.74) is 2.99. The van der Waals surface area contributed by atoms with Crippen molar-refractivity contribution in [1.29, 1.82) is 0 Å². The number of thioether (sulfide) groups is 1. The molecule has 4 rings (SSSR count). The third kappa shape index (κ3) is 4.93. The van der Waals surface area contributed by atoms with Gasteiger partial charge in [-0.3, -0.25) is 4.57 Å². The van der Waals surface area contributed by atoms with Crippen LogP contribution in [-0.4, -0.2) is 21.9 Å². The summed E-state index contributed by atoms with van der Waals surface area (Å²) in [5.74, 6) is 0.324. The number of nitrogens with zero attached hydrogens (tertiary/aromatic N) is 3. The molecule has 0 bridgehead atoms. The first-order valence-electron chi connectivity index (χ1n) is 10.5. The van der Waals surface area contributed by atoms with Crippen LogP contribution in [0.5, 0.6) is 5.75 Å². The SMILES string of the molecule is COc1ccc(-n2c(SCc3c(F)cccc3F)nnc2-c2ccc(C(C)(C)C)cc2)cc1. The average Bonchev–Trinajstić information content (AvgIpc) is 3.22. The van der Waals surface area contributed by atoms with Gasteiger partial charge >= 0.3 is 0 Å². The highest BCUT2D eigenvalue weighted by molar-refractivity contribution is 7.98. The molecule has 0 saturated carbocycles. The van der Waals surface area contributed by atoms with Crippen molar-refractivity contribution in [2.24, 2.45) is 0 Å². The lowest BCUT2D eigenvalue weighted by molar-refractivity contribution is 0.414. The molecular formula is C26H25F2N3OS. The van der Waals surface area contributed by atoms with E-state index in [4.69, 9.17) is 4.74 Å². The minimum atomic E-state index is -0.573. The van der Waals surface area contributed by atoms with Crippen molar-refractivity contribution in [1.82, 2.24) is 14.8 Å². The quantitative estimate of drug-likeness (QED) is 0.293. The maximum atomic E-state index is 14.2. The highest BCUT2D eigenvalue weighted by atomic mass is 32.2. The summed E-state index contributed by atoms with van der Waals surface area (Å²) >= 11 is 1.23. The number of benzene rings is 3. The Balaban J connectivity index is 1.75. The van der Waals surface area contributed by atoms with E-state index in [0.717, 1.165) is 17.0 Å². The molecular weight excluding hydrogens is 440 g/mol. The molecule has 0 radical (unpaired) electrons. The molecule has 7 heteroatoms. The van der Waals surface area contributed by atoms with Gasteiger partial charge in [0.25, 0.3) is 0 Å². The van der Waals surface area contributed by atoms with Gasteiger partial charge in [-0.05, 0) is 47.4 Å². The van der Waals surface area contributed by atoms with E-state index in [2.05, 4.69) is 43.1 Å². The molecule has 0 aliphatic carbocycles. The number of methoxy groups -OCH3 is 1. The summed E-state index contributed by atoms with van der Waals surface area (Å²) < 4.78 is 35.5. The molecule has 4 nitrogen and oxygen atoms in total. The van der Waals surface area contributed by atoms with Gasteiger partial charge in [0, 0.05) is 22.6 Å². The van der Waals surface area contributed by atoms with Gasteiger partial charge in [-0.25, -0.2) is 8.78 Å². The van der Waals surface area contributed by atoms with Crippen molar-refractivity contribution in [3.05, 3.63) is 89.5 Å². The third-order valence-electron chi connectivity index (χ3n) is 5.38. The van der Waals surface area contributed by atoms with E-state index in [-0.39, 0.29) is 16.7 Å². The van der Waals surface area contributed by atoms with Crippen LogP contribution >= 0.6 is 11.8 Å². The van der Waals surface area contributed by atoms with E-state index in [1.807, 2.05) is 41.0 Å². The topological polar surface area (TPSA) is 39.9 Å². The minimum absolute atomic E-state index is 0.0165. The predicted octanol–water partition coefficient (Wildman–Crippen LogP) is 6.81. The van der Waals surface area contributed by atoms with Crippen molar-refractivity contribution in [3.8, 4) is 22.8 Å². The Bertz CT molecular complexity index is 1230. The van der Waals surface area contributed by atoms with E-state index < -0.39 is 11.6 Å². The molecule has 0 spiro atoms. The van der Waals surface area contributed by atoms with E-state index in [1.165, 1.54) is 35.5 Å². The van der Waals surface area contributed by atoms with Gasteiger partial charge in [0.15, 0.2) is 11.0 Å². The van der Waals surface area contributed by atoms with E-state index in [0.29, 0.717) is 11.0 Å². The van der Waals surface area contributed by atoms with Crippen LogP contribution < -0.4 is 4.74 Å². The second-order valence-electron chi connectivity index (χ2n) is 8.66. The predicted molar refractivity (Wildman–Crippen MR) is 128 cm³/mol. The smallest absolute Gasteiger partial charge is 0.196 e. The molecule has 3 aromatic carbocycles. The lowest BCUT2D eigenvalue weighted by Gasteiger charge is -2.19. The molecule has 0 unspecified atom stereocenters. The summed E-state index contributed by atoms with van der Waals surface area (Å²) in [6.45, 7) is 6.50. The fourth-order valence-corrected chi connectivity index (χ4v) is 4.41. The van der Waals surface area contributed by atoms with Crippen LogP contribution in [-0.2, 0) is 11.2 Å². The molecule has 0 atom stereocenters. The largest absolute Gasteiger partial charge is 0.497 e. The minimum Gasteiger partial charge on any atom is -0.497 e. The molecule has 33 heavy (non-hydrogen) atoms. The molecule has 0 aliphatic rings. The third-order valence-corrected chi connectivity index (χ3v) is 6.34. The number of hydrogen-bond donors (Lipinski definition) is 0. The molecule has 170 valence electrons. The van der Waals surface area contributed by atoms with Crippen molar-refractivity contribution < 1.29 is 13.5 Å². The number of aromatic nitrogens is 3. The fourth-order valence-electron chi connectivity index (χ4n) is 3.44. The van der Waals surface area contributed by atoms with Crippen LogP contribution in [0.2, 0.25) is 0 Å². The zero-order valence-electron chi connectivity index (χ0n) is 19.0. The molecule has 0 amide bonds. The Kier molecular flexibility index (Phi) is 6.51. The Labute approximate surface area is 196 Å². The van der Waals surface area contributed by atoms with Gasteiger partial charge < -0.3 is 4.74 Å².